The van der Waals surface area contributed by atoms with Crippen LogP contribution in [0.25, 0.3) is 0 Å². The molecule has 34 heavy (non-hydrogen) atoms. The highest BCUT2D eigenvalue weighted by molar-refractivity contribution is 6.06. The smallest absolute Gasteiger partial charge is 0.258 e. The molecule has 0 aliphatic rings. The molecule has 0 saturated carbocycles. The predicted octanol–water partition coefficient (Wildman–Crippen LogP) is 5.10. The first-order chi connectivity index (χ1) is 16.6. The number of nitrogens with one attached hydrogen (secondary N) is 1. The van der Waals surface area contributed by atoms with Crippen molar-refractivity contribution in [2.45, 2.75) is 26.4 Å². The van der Waals surface area contributed by atoms with Gasteiger partial charge >= 0.3 is 0 Å². The van der Waals surface area contributed by atoms with Gasteiger partial charge in [0.25, 0.3) is 5.91 Å². The van der Waals surface area contributed by atoms with Crippen LogP contribution in [-0.2, 0) is 24.3 Å². The number of hydrogen-bond donors (Lipinski definition) is 1. The summed E-state index contributed by atoms with van der Waals surface area (Å²) in [5.74, 6) is -0.139. The number of rotatable bonds is 8. The van der Waals surface area contributed by atoms with E-state index in [1.54, 1.807) is 11.1 Å². The molecule has 0 unspecified atom stereocenters. The van der Waals surface area contributed by atoms with E-state index in [1.807, 2.05) is 104 Å². The number of benzene rings is 3. The summed E-state index contributed by atoms with van der Waals surface area (Å²) in [7, 11) is 0. The zero-order valence-electron chi connectivity index (χ0n) is 19.1. The summed E-state index contributed by atoms with van der Waals surface area (Å²) in [6, 6.07) is 30.7. The van der Waals surface area contributed by atoms with E-state index >= 15 is 0 Å². The Morgan fingerprint density at radius 1 is 0.794 bits per heavy atom. The van der Waals surface area contributed by atoms with Gasteiger partial charge in [-0.2, -0.15) is 0 Å². The molecule has 0 aliphatic carbocycles. The van der Waals surface area contributed by atoms with Crippen molar-refractivity contribution in [1.82, 2.24) is 10.3 Å². The molecule has 0 bridgehead atoms. The normalized spacial score (nSPS) is 10.5. The van der Waals surface area contributed by atoms with Gasteiger partial charge in [0, 0.05) is 17.4 Å². The molecule has 3 aromatic carbocycles. The fourth-order valence-electron chi connectivity index (χ4n) is 3.63. The third kappa shape index (κ3) is 6.17. The summed E-state index contributed by atoms with van der Waals surface area (Å²) in [5.41, 5.74) is 5.27. The summed E-state index contributed by atoms with van der Waals surface area (Å²) >= 11 is 0. The molecule has 5 heteroatoms. The average molecular weight is 450 g/mol. The van der Waals surface area contributed by atoms with Crippen LogP contribution >= 0.6 is 0 Å². The Bertz CT molecular complexity index is 1220. The Balaban J connectivity index is 1.48. The monoisotopic (exact) mass is 449 g/mol. The van der Waals surface area contributed by atoms with Crippen LogP contribution in [0.3, 0.4) is 0 Å². The van der Waals surface area contributed by atoms with Gasteiger partial charge in [-0.05, 0) is 54.4 Å². The third-order valence-corrected chi connectivity index (χ3v) is 5.53. The number of nitrogens with zero attached hydrogens (tertiary/aromatic N) is 2. The first kappa shape index (κ1) is 22.9. The second-order valence-electron chi connectivity index (χ2n) is 8.18. The highest BCUT2D eigenvalue weighted by atomic mass is 16.2. The van der Waals surface area contributed by atoms with Crippen molar-refractivity contribution in [3.63, 3.8) is 0 Å². The van der Waals surface area contributed by atoms with Gasteiger partial charge in [0.1, 0.15) is 0 Å². The standard InChI is InChI=1S/C29H27N3O2/c1-22-10-14-25(15-11-22)29(34)32(21-24-7-3-2-4-8-24)27-16-12-23(13-17-27)19-28(33)31-20-26-9-5-6-18-30-26/h2-18H,19-21H2,1H3,(H,31,33). The Labute approximate surface area is 200 Å². The number of aryl methyl sites for hydroxylation is 1. The number of amides is 2. The largest absolute Gasteiger partial charge is 0.350 e. The Kier molecular flexibility index (Phi) is 7.45. The minimum absolute atomic E-state index is 0.0651. The fraction of sp³-hybridized carbons (Fsp3) is 0.138. The first-order valence-electron chi connectivity index (χ1n) is 11.3. The average Bonchev–Trinajstić information content (AvgIpc) is 2.88. The van der Waals surface area contributed by atoms with E-state index in [0.717, 1.165) is 28.1 Å². The van der Waals surface area contributed by atoms with Crippen LogP contribution in [0.15, 0.2) is 103 Å². The molecule has 0 fully saturated rings. The van der Waals surface area contributed by atoms with Crippen LogP contribution in [0.2, 0.25) is 0 Å². The molecule has 0 radical (unpaired) electrons. The van der Waals surface area contributed by atoms with E-state index in [0.29, 0.717) is 18.7 Å². The third-order valence-electron chi connectivity index (χ3n) is 5.53. The predicted molar refractivity (Wildman–Crippen MR) is 134 cm³/mol. The summed E-state index contributed by atoms with van der Waals surface area (Å²) in [6.07, 6.45) is 1.97. The molecule has 2 amide bonds. The van der Waals surface area contributed by atoms with Crippen molar-refractivity contribution in [3.05, 3.63) is 131 Å². The van der Waals surface area contributed by atoms with E-state index in [4.69, 9.17) is 0 Å². The highest BCUT2D eigenvalue weighted by Gasteiger charge is 2.18. The van der Waals surface area contributed by atoms with Crippen LogP contribution in [0.5, 0.6) is 0 Å². The van der Waals surface area contributed by atoms with Gasteiger partial charge in [-0.15, -0.1) is 0 Å². The number of anilines is 1. The van der Waals surface area contributed by atoms with E-state index in [2.05, 4.69) is 10.3 Å². The topological polar surface area (TPSA) is 62.3 Å². The summed E-state index contributed by atoms with van der Waals surface area (Å²) in [4.78, 5) is 31.7. The van der Waals surface area contributed by atoms with Crippen LogP contribution in [0.4, 0.5) is 5.69 Å². The van der Waals surface area contributed by atoms with Crippen molar-refractivity contribution in [3.8, 4) is 0 Å². The van der Waals surface area contributed by atoms with Crippen molar-refractivity contribution in [2.75, 3.05) is 4.90 Å². The lowest BCUT2D eigenvalue weighted by molar-refractivity contribution is -0.120. The quantitative estimate of drug-likeness (QED) is 0.407. The van der Waals surface area contributed by atoms with Crippen LogP contribution in [0.1, 0.15) is 32.7 Å². The maximum absolute atomic E-state index is 13.4. The van der Waals surface area contributed by atoms with Gasteiger partial charge in [-0.3, -0.25) is 14.6 Å². The van der Waals surface area contributed by atoms with Crippen molar-refractivity contribution in [2.24, 2.45) is 0 Å². The lowest BCUT2D eigenvalue weighted by Gasteiger charge is -2.23. The van der Waals surface area contributed by atoms with Gasteiger partial charge in [0.2, 0.25) is 5.91 Å². The highest BCUT2D eigenvalue weighted by Crippen LogP contribution is 2.22. The van der Waals surface area contributed by atoms with Gasteiger partial charge in [-0.25, -0.2) is 0 Å². The molecule has 4 rings (SSSR count). The Hall–Kier alpha value is -4.25. The number of pyridine rings is 1. The number of carbonyl (C=O) groups is 2. The van der Waals surface area contributed by atoms with Gasteiger partial charge in [0.15, 0.2) is 0 Å². The molecule has 0 aliphatic heterocycles. The molecule has 1 heterocycles. The van der Waals surface area contributed by atoms with Crippen LogP contribution in [-0.4, -0.2) is 16.8 Å². The minimum atomic E-state index is -0.0738. The molecule has 0 spiro atoms. The second kappa shape index (κ2) is 11.1. The molecular weight excluding hydrogens is 422 g/mol. The number of carbonyl (C=O) groups excluding carboxylic acids is 2. The van der Waals surface area contributed by atoms with Crippen molar-refractivity contribution in [1.29, 1.82) is 0 Å². The second-order valence-corrected chi connectivity index (χ2v) is 8.18. The number of aromatic nitrogens is 1. The fourth-order valence-corrected chi connectivity index (χ4v) is 3.63. The van der Waals surface area contributed by atoms with E-state index in [9.17, 15) is 9.59 Å². The van der Waals surface area contributed by atoms with E-state index in [-0.39, 0.29) is 18.2 Å². The summed E-state index contributed by atoms with van der Waals surface area (Å²) < 4.78 is 0. The molecule has 5 nitrogen and oxygen atoms in total. The molecule has 0 atom stereocenters. The van der Waals surface area contributed by atoms with Gasteiger partial charge in [-0.1, -0.05) is 66.2 Å². The zero-order valence-corrected chi connectivity index (χ0v) is 19.1. The molecule has 1 N–H and O–H groups in total. The van der Waals surface area contributed by atoms with E-state index in [1.165, 1.54) is 0 Å². The summed E-state index contributed by atoms with van der Waals surface area (Å²) in [5, 5.41) is 2.90. The maximum Gasteiger partial charge on any atom is 0.258 e. The Morgan fingerprint density at radius 2 is 1.50 bits per heavy atom. The SMILES string of the molecule is Cc1ccc(C(=O)N(Cc2ccccc2)c2ccc(CC(=O)NCc3ccccn3)cc2)cc1. The Morgan fingerprint density at radius 3 is 2.18 bits per heavy atom. The molecule has 170 valence electrons. The molecule has 4 aromatic rings. The first-order valence-corrected chi connectivity index (χ1v) is 11.3. The maximum atomic E-state index is 13.4. The molecule has 1 aromatic heterocycles. The lowest BCUT2D eigenvalue weighted by atomic mass is 10.1. The van der Waals surface area contributed by atoms with E-state index < -0.39 is 0 Å². The van der Waals surface area contributed by atoms with Crippen LogP contribution in [0, 0.1) is 6.92 Å². The number of hydrogen-bond acceptors (Lipinski definition) is 3. The minimum Gasteiger partial charge on any atom is -0.350 e. The zero-order chi connectivity index (χ0) is 23.8. The van der Waals surface area contributed by atoms with Crippen molar-refractivity contribution >= 4 is 17.5 Å². The summed E-state index contributed by atoms with van der Waals surface area (Å²) in [6.45, 7) is 2.85. The molecular formula is C29H27N3O2. The van der Waals surface area contributed by atoms with Gasteiger partial charge in [0.05, 0.1) is 25.2 Å². The lowest BCUT2D eigenvalue weighted by Crippen LogP contribution is -2.30. The van der Waals surface area contributed by atoms with Gasteiger partial charge < -0.3 is 10.2 Å². The van der Waals surface area contributed by atoms with Crippen molar-refractivity contribution < 1.29 is 9.59 Å². The van der Waals surface area contributed by atoms with Crippen LogP contribution < -0.4 is 10.2 Å². The molecule has 0 saturated heterocycles.